The first-order chi connectivity index (χ1) is 9.00. The standard InChI is InChI=1S/C13H23N5O/c1-8-11(12(15)19)13(18(2)17-8)16-10-7-5-3-4-6-9(10)14/h9-10,16H,3-7,14H2,1-2H3,(H2,15,19). The third-order valence-electron chi connectivity index (χ3n) is 3.86. The van der Waals surface area contributed by atoms with E-state index in [1.165, 1.54) is 12.8 Å². The number of hydrogen-bond acceptors (Lipinski definition) is 4. The van der Waals surface area contributed by atoms with Crippen LogP contribution in [0.2, 0.25) is 0 Å². The Hall–Kier alpha value is -1.56. The molecule has 1 aromatic heterocycles. The zero-order valence-corrected chi connectivity index (χ0v) is 11.6. The smallest absolute Gasteiger partial charge is 0.254 e. The van der Waals surface area contributed by atoms with Crippen molar-refractivity contribution in [1.29, 1.82) is 0 Å². The molecular weight excluding hydrogens is 242 g/mol. The highest BCUT2D eigenvalue weighted by Gasteiger charge is 2.25. The van der Waals surface area contributed by atoms with Gasteiger partial charge in [-0.05, 0) is 19.8 Å². The van der Waals surface area contributed by atoms with Crippen molar-refractivity contribution >= 4 is 11.7 Å². The molecule has 1 fully saturated rings. The summed E-state index contributed by atoms with van der Waals surface area (Å²) in [6.07, 6.45) is 5.59. The Bertz CT molecular complexity index is 468. The molecule has 0 bridgehead atoms. The van der Waals surface area contributed by atoms with E-state index in [2.05, 4.69) is 10.4 Å². The largest absolute Gasteiger partial charge is 0.365 e. The summed E-state index contributed by atoms with van der Waals surface area (Å²) in [4.78, 5) is 11.5. The van der Waals surface area contributed by atoms with E-state index in [4.69, 9.17) is 11.5 Å². The molecule has 5 N–H and O–H groups in total. The number of carbonyl (C=O) groups excluding carboxylic acids is 1. The number of hydrogen-bond donors (Lipinski definition) is 3. The van der Waals surface area contributed by atoms with Gasteiger partial charge in [0.1, 0.15) is 11.4 Å². The van der Waals surface area contributed by atoms with E-state index < -0.39 is 5.91 Å². The lowest BCUT2D eigenvalue weighted by molar-refractivity contribution is 0.100. The highest BCUT2D eigenvalue weighted by Crippen LogP contribution is 2.24. The summed E-state index contributed by atoms with van der Waals surface area (Å²) >= 11 is 0. The Balaban J connectivity index is 2.24. The number of primary amides is 1. The van der Waals surface area contributed by atoms with Gasteiger partial charge in [0.05, 0.1) is 5.69 Å². The summed E-state index contributed by atoms with van der Waals surface area (Å²) in [5.41, 5.74) is 12.8. The van der Waals surface area contributed by atoms with E-state index in [0.717, 1.165) is 19.3 Å². The van der Waals surface area contributed by atoms with Crippen LogP contribution in [0.4, 0.5) is 5.82 Å². The molecule has 1 aliphatic carbocycles. The fourth-order valence-corrected chi connectivity index (χ4v) is 2.81. The Morgan fingerprint density at radius 1 is 1.37 bits per heavy atom. The number of nitrogens with two attached hydrogens (primary N) is 2. The molecule has 1 heterocycles. The van der Waals surface area contributed by atoms with Gasteiger partial charge in [0.15, 0.2) is 0 Å². The van der Waals surface area contributed by atoms with Crippen molar-refractivity contribution in [2.24, 2.45) is 18.5 Å². The summed E-state index contributed by atoms with van der Waals surface area (Å²) in [6, 6.07) is 0.286. The maximum atomic E-state index is 11.5. The van der Waals surface area contributed by atoms with Gasteiger partial charge in [-0.15, -0.1) is 0 Å². The highest BCUT2D eigenvalue weighted by molar-refractivity contribution is 5.98. The number of rotatable bonds is 3. The predicted octanol–water partition coefficient (Wildman–Crippen LogP) is 0.899. The quantitative estimate of drug-likeness (QED) is 0.707. The number of amides is 1. The van der Waals surface area contributed by atoms with Crippen LogP contribution in [0.1, 0.15) is 48.2 Å². The Kier molecular flexibility index (Phi) is 4.09. The molecule has 1 aromatic rings. The van der Waals surface area contributed by atoms with Crippen molar-refractivity contribution in [2.75, 3.05) is 5.32 Å². The minimum Gasteiger partial charge on any atom is -0.365 e. The molecule has 19 heavy (non-hydrogen) atoms. The summed E-state index contributed by atoms with van der Waals surface area (Å²) < 4.78 is 1.67. The first-order valence-electron chi connectivity index (χ1n) is 6.86. The van der Waals surface area contributed by atoms with E-state index in [0.29, 0.717) is 17.1 Å². The number of aryl methyl sites for hydroxylation is 2. The van der Waals surface area contributed by atoms with Crippen molar-refractivity contribution in [3.63, 3.8) is 0 Å². The maximum Gasteiger partial charge on any atom is 0.254 e. The molecule has 2 rings (SSSR count). The Morgan fingerprint density at radius 3 is 2.74 bits per heavy atom. The molecule has 1 saturated carbocycles. The SMILES string of the molecule is Cc1nn(C)c(NC2CCCCCC2N)c1C(N)=O. The molecule has 0 aromatic carbocycles. The molecule has 1 aliphatic rings. The van der Waals surface area contributed by atoms with Crippen LogP contribution in [0.15, 0.2) is 0 Å². The first-order valence-corrected chi connectivity index (χ1v) is 6.86. The molecule has 6 heteroatoms. The van der Waals surface area contributed by atoms with Gasteiger partial charge >= 0.3 is 0 Å². The van der Waals surface area contributed by atoms with Crippen LogP contribution in [0.5, 0.6) is 0 Å². The van der Waals surface area contributed by atoms with Crippen molar-refractivity contribution < 1.29 is 4.79 Å². The second-order valence-electron chi connectivity index (χ2n) is 5.35. The van der Waals surface area contributed by atoms with Crippen LogP contribution in [0.3, 0.4) is 0 Å². The van der Waals surface area contributed by atoms with E-state index >= 15 is 0 Å². The Labute approximate surface area is 113 Å². The first kappa shape index (κ1) is 13.9. The fourth-order valence-electron chi connectivity index (χ4n) is 2.81. The topological polar surface area (TPSA) is 99.0 Å². The number of aromatic nitrogens is 2. The third kappa shape index (κ3) is 2.89. The molecule has 0 saturated heterocycles. The minimum absolute atomic E-state index is 0.110. The third-order valence-corrected chi connectivity index (χ3v) is 3.86. The number of nitrogens with one attached hydrogen (secondary N) is 1. The van der Waals surface area contributed by atoms with Crippen LogP contribution in [-0.4, -0.2) is 27.8 Å². The van der Waals surface area contributed by atoms with Gasteiger partial charge in [-0.1, -0.05) is 19.3 Å². The van der Waals surface area contributed by atoms with E-state index in [9.17, 15) is 4.79 Å². The lowest BCUT2D eigenvalue weighted by Crippen LogP contribution is -2.40. The monoisotopic (exact) mass is 265 g/mol. The predicted molar refractivity (Wildman–Crippen MR) is 74.9 cm³/mol. The van der Waals surface area contributed by atoms with Crippen LogP contribution in [0.25, 0.3) is 0 Å². The molecule has 0 spiro atoms. The maximum absolute atomic E-state index is 11.5. The summed E-state index contributed by atoms with van der Waals surface area (Å²) in [6.45, 7) is 1.79. The molecule has 6 nitrogen and oxygen atoms in total. The van der Waals surface area contributed by atoms with E-state index in [1.54, 1.807) is 11.6 Å². The average Bonchev–Trinajstić information content (AvgIpc) is 2.48. The van der Waals surface area contributed by atoms with Crippen LogP contribution in [0, 0.1) is 6.92 Å². The summed E-state index contributed by atoms with van der Waals surface area (Å²) in [5, 5.41) is 7.64. The highest BCUT2D eigenvalue weighted by atomic mass is 16.1. The second kappa shape index (κ2) is 5.61. The van der Waals surface area contributed by atoms with Gasteiger partial charge in [-0.2, -0.15) is 5.10 Å². The normalized spacial score (nSPS) is 23.9. The zero-order chi connectivity index (χ0) is 14.0. The molecule has 2 unspecified atom stereocenters. The van der Waals surface area contributed by atoms with Gasteiger partial charge in [0.2, 0.25) is 0 Å². The van der Waals surface area contributed by atoms with Crippen molar-refractivity contribution in [2.45, 2.75) is 51.1 Å². The molecule has 0 radical (unpaired) electrons. The molecule has 2 atom stereocenters. The molecule has 1 amide bonds. The lowest BCUT2D eigenvalue weighted by Gasteiger charge is -2.24. The fraction of sp³-hybridized carbons (Fsp3) is 0.692. The summed E-state index contributed by atoms with van der Waals surface area (Å²) in [7, 11) is 1.81. The van der Waals surface area contributed by atoms with E-state index in [-0.39, 0.29) is 12.1 Å². The summed E-state index contributed by atoms with van der Waals surface area (Å²) in [5.74, 6) is 0.239. The van der Waals surface area contributed by atoms with Gasteiger partial charge in [0, 0.05) is 19.1 Å². The average molecular weight is 265 g/mol. The van der Waals surface area contributed by atoms with Gasteiger partial charge < -0.3 is 16.8 Å². The van der Waals surface area contributed by atoms with Crippen molar-refractivity contribution in [3.8, 4) is 0 Å². The van der Waals surface area contributed by atoms with Crippen LogP contribution in [-0.2, 0) is 7.05 Å². The van der Waals surface area contributed by atoms with Crippen molar-refractivity contribution in [3.05, 3.63) is 11.3 Å². The van der Waals surface area contributed by atoms with Crippen LogP contribution >= 0.6 is 0 Å². The van der Waals surface area contributed by atoms with Gasteiger partial charge in [-0.3, -0.25) is 9.48 Å². The number of carbonyl (C=O) groups is 1. The molecule has 0 aliphatic heterocycles. The van der Waals surface area contributed by atoms with Gasteiger partial charge in [0.25, 0.3) is 5.91 Å². The zero-order valence-electron chi connectivity index (χ0n) is 11.6. The van der Waals surface area contributed by atoms with E-state index in [1.807, 2.05) is 7.05 Å². The minimum atomic E-state index is -0.449. The number of nitrogens with zero attached hydrogens (tertiary/aromatic N) is 2. The van der Waals surface area contributed by atoms with Crippen molar-refractivity contribution in [1.82, 2.24) is 9.78 Å². The second-order valence-corrected chi connectivity index (χ2v) is 5.35. The Morgan fingerprint density at radius 2 is 2.05 bits per heavy atom. The number of anilines is 1. The molecule has 106 valence electrons. The lowest BCUT2D eigenvalue weighted by atomic mass is 10.0. The molecular formula is C13H23N5O. The van der Waals surface area contributed by atoms with Crippen LogP contribution < -0.4 is 16.8 Å². The van der Waals surface area contributed by atoms with Gasteiger partial charge in [-0.25, -0.2) is 0 Å².